The van der Waals surface area contributed by atoms with E-state index in [-0.39, 0.29) is 11.0 Å². The van der Waals surface area contributed by atoms with E-state index in [0.29, 0.717) is 0 Å². The summed E-state index contributed by atoms with van der Waals surface area (Å²) in [6.45, 7) is 5.88. The van der Waals surface area contributed by atoms with Crippen molar-refractivity contribution in [2.24, 2.45) is 0 Å². The third-order valence-electron chi connectivity index (χ3n) is 2.28. The molecule has 1 aromatic rings. The van der Waals surface area contributed by atoms with Crippen LogP contribution in [0.5, 0.6) is 0 Å². The van der Waals surface area contributed by atoms with Gasteiger partial charge in [-0.3, -0.25) is 4.74 Å². The largest absolute Gasteiger partial charge is 0.525 e. The van der Waals surface area contributed by atoms with Gasteiger partial charge in [0.1, 0.15) is 0 Å². The predicted molar refractivity (Wildman–Crippen MR) is 56.1 cm³/mol. The minimum Gasteiger partial charge on any atom is -0.253 e. The molecule has 1 unspecified atom stereocenters. The Kier molecular flexibility index (Phi) is 3.81. The second-order valence-corrected chi connectivity index (χ2v) is 4.75. The molecule has 0 spiro atoms. The molecule has 1 atom stereocenters. The molecular weight excluding hydrogens is 236 g/mol. The molecule has 1 aromatic carbocycles. The Morgan fingerprint density at radius 3 is 1.82 bits per heavy atom. The van der Waals surface area contributed by atoms with Crippen molar-refractivity contribution in [3.8, 4) is 0 Å². The van der Waals surface area contributed by atoms with E-state index in [4.69, 9.17) is 0 Å². The smallest absolute Gasteiger partial charge is 0.253 e. The third kappa shape index (κ3) is 4.34. The van der Waals surface area contributed by atoms with Crippen LogP contribution in [0.1, 0.15) is 38.3 Å². The summed E-state index contributed by atoms with van der Waals surface area (Å²) in [5.74, 6) is 0. The molecule has 0 amide bonds. The number of hydrogen-bond acceptors (Lipinski definition) is 1. The summed E-state index contributed by atoms with van der Waals surface area (Å²) in [5.41, 5.74) is 0.644. The number of rotatable bonds is 2. The van der Waals surface area contributed by atoms with Crippen LogP contribution in [-0.4, -0.2) is 6.36 Å². The molecule has 0 aromatic heterocycles. The van der Waals surface area contributed by atoms with E-state index in [9.17, 15) is 17.6 Å². The van der Waals surface area contributed by atoms with Crippen LogP contribution in [0.25, 0.3) is 0 Å². The summed E-state index contributed by atoms with van der Waals surface area (Å²) in [4.78, 5) is 0. The lowest BCUT2D eigenvalue weighted by Crippen LogP contribution is -2.16. The van der Waals surface area contributed by atoms with E-state index in [0.717, 1.165) is 5.56 Å². The summed E-state index contributed by atoms with van der Waals surface area (Å²) in [6.07, 6.45) is -7.45. The van der Waals surface area contributed by atoms with Crippen LogP contribution in [0.2, 0.25) is 0 Å². The maximum Gasteiger partial charge on any atom is 0.525 e. The highest BCUT2D eigenvalue weighted by Crippen LogP contribution is 2.30. The fourth-order valence-corrected chi connectivity index (χ4v) is 1.32. The molecule has 17 heavy (non-hydrogen) atoms. The Morgan fingerprint density at radius 2 is 1.47 bits per heavy atom. The minimum atomic E-state index is -4.97. The first kappa shape index (κ1) is 14.0. The first-order valence-corrected chi connectivity index (χ1v) is 5.09. The second kappa shape index (κ2) is 4.64. The first-order valence-electron chi connectivity index (χ1n) is 5.09. The zero-order chi connectivity index (χ0) is 13.3. The topological polar surface area (TPSA) is 9.23 Å². The Labute approximate surface area is 97.4 Å². The minimum absolute atomic E-state index is 0.130. The van der Waals surface area contributed by atoms with Gasteiger partial charge < -0.3 is 0 Å². The van der Waals surface area contributed by atoms with Crippen molar-refractivity contribution in [3.05, 3.63) is 35.4 Å². The normalized spacial score (nSPS) is 14.8. The highest BCUT2D eigenvalue weighted by molar-refractivity contribution is 5.28. The van der Waals surface area contributed by atoms with E-state index in [1.54, 1.807) is 12.1 Å². The Bertz CT molecular complexity index is 362. The lowest BCUT2D eigenvalue weighted by Gasteiger charge is -2.20. The lowest BCUT2D eigenvalue weighted by molar-refractivity contribution is -0.363. The predicted octanol–water partition coefficient (Wildman–Crippen LogP) is 4.49. The Hall–Kier alpha value is -1.10. The van der Waals surface area contributed by atoms with Crippen molar-refractivity contribution in [1.29, 1.82) is 0 Å². The Balaban J connectivity index is 2.81. The fourth-order valence-electron chi connectivity index (χ4n) is 1.32. The number of ether oxygens (including phenoxy) is 1. The average Bonchev–Trinajstić information content (AvgIpc) is 2.14. The monoisotopic (exact) mass is 250 g/mol. The molecule has 1 nitrogen and oxygen atoms in total. The van der Waals surface area contributed by atoms with Gasteiger partial charge in [0.05, 0.1) is 0 Å². The van der Waals surface area contributed by atoms with Gasteiger partial charge in [-0.2, -0.15) is 0 Å². The van der Waals surface area contributed by atoms with Gasteiger partial charge in [0.15, 0.2) is 0 Å². The van der Waals surface area contributed by atoms with Crippen molar-refractivity contribution >= 4 is 0 Å². The summed E-state index contributed by atoms with van der Waals surface area (Å²) >= 11 is 0. The van der Waals surface area contributed by atoms with Crippen LogP contribution in [0.3, 0.4) is 0 Å². The lowest BCUT2D eigenvalue weighted by atomic mass is 9.87. The molecule has 0 heterocycles. The number of alkyl halides is 4. The van der Waals surface area contributed by atoms with E-state index in [2.05, 4.69) is 4.74 Å². The van der Waals surface area contributed by atoms with Crippen LogP contribution >= 0.6 is 0 Å². The molecule has 0 aliphatic heterocycles. The van der Waals surface area contributed by atoms with Gasteiger partial charge in [0.25, 0.3) is 0 Å². The summed E-state index contributed by atoms with van der Waals surface area (Å²) in [7, 11) is 0. The van der Waals surface area contributed by atoms with E-state index >= 15 is 0 Å². The van der Waals surface area contributed by atoms with Crippen LogP contribution in [0.15, 0.2) is 24.3 Å². The Morgan fingerprint density at radius 1 is 1.00 bits per heavy atom. The number of benzene rings is 1. The maximum absolute atomic E-state index is 13.1. The number of hydrogen-bond donors (Lipinski definition) is 0. The molecule has 1 rings (SSSR count). The summed E-state index contributed by atoms with van der Waals surface area (Å²) in [6, 6.07) is 5.80. The van der Waals surface area contributed by atoms with E-state index in [1.807, 2.05) is 20.8 Å². The van der Waals surface area contributed by atoms with Gasteiger partial charge in [-0.25, -0.2) is 4.39 Å². The second-order valence-electron chi connectivity index (χ2n) is 4.75. The molecule has 0 saturated carbocycles. The van der Waals surface area contributed by atoms with Crippen LogP contribution in [-0.2, 0) is 10.2 Å². The zero-order valence-electron chi connectivity index (χ0n) is 9.81. The van der Waals surface area contributed by atoms with E-state index < -0.39 is 12.7 Å². The van der Waals surface area contributed by atoms with Gasteiger partial charge >= 0.3 is 6.36 Å². The van der Waals surface area contributed by atoms with Crippen LogP contribution < -0.4 is 0 Å². The van der Waals surface area contributed by atoms with Crippen LogP contribution in [0, 0.1) is 0 Å². The average molecular weight is 250 g/mol. The van der Waals surface area contributed by atoms with Gasteiger partial charge in [-0.15, -0.1) is 13.2 Å². The van der Waals surface area contributed by atoms with Gasteiger partial charge in [-0.05, 0) is 11.0 Å². The SMILES string of the molecule is CC(C)(C)c1ccc(C(F)OC(F)(F)F)cc1. The van der Waals surface area contributed by atoms with Crippen molar-refractivity contribution in [2.45, 2.75) is 38.9 Å². The summed E-state index contributed by atoms with van der Waals surface area (Å²) in [5, 5.41) is 0. The first-order chi connectivity index (χ1) is 7.59. The third-order valence-corrected chi connectivity index (χ3v) is 2.28. The highest BCUT2D eigenvalue weighted by atomic mass is 19.4. The van der Waals surface area contributed by atoms with Crippen molar-refractivity contribution in [2.75, 3.05) is 0 Å². The molecule has 0 saturated heterocycles. The molecular formula is C12H14F4O. The van der Waals surface area contributed by atoms with Crippen molar-refractivity contribution in [3.63, 3.8) is 0 Å². The van der Waals surface area contributed by atoms with Crippen molar-refractivity contribution in [1.82, 2.24) is 0 Å². The molecule has 0 N–H and O–H groups in total. The number of halogens is 4. The van der Waals surface area contributed by atoms with Gasteiger partial charge in [-0.1, -0.05) is 45.0 Å². The molecule has 5 heteroatoms. The highest BCUT2D eigenvalue weighted by Gasteiger charge is 2.34. The molecule has 0 bridgehead atoms. The van der Waals surface area contributed by atoms with Gasteiger partial charge in [0.2, 0.25) is 6.36 Å². The molecule has 0 fully saturated rings. The quantitative estimate of drug-likeness (QED) is 0.703. The van der Waals surface area contributed by atoms with Crippen molar-refractivity contribution < 1.29 is 22.3 Å². The zero-order valence-corrected chi connectivity index (χ0v) is 9.81. The van der Waals surface area contributed by atoms with E-state index in [1.165, 1.54) is 12.1 Å². The molecule has 0 radical (unpaired) electrons. The van der Waals surface area contributed by atoms with Crippen LogP contribution in [0.4, 0.5) is 17.6 Å². The summed E-state index contributed by atoms with van der Waals surface area (Å²) < 4.78 is 51.8. The molecule has 96 valence electrons. The molecule has 0 aliphatic carbocycles. The molecule has 0 aliphatic rings. The maximum atomic E-state index is 13.1. The van der Waals surface area contributed by atoms with Gasteiger partial charge in [0, 0.05) is 5.56 Å². The standard InChI is InChI=1S/C12H14F4O/c1-11(2,3)9-6-4-8(5-7-9)10(13)17-12(14,15)16/h4-7,10H,1-3H3. The fraction of sp³-hybridized carbons (Fsp3) is 0.500.